The lowest BCUT2D eigenvalue weighted by molar-refractivity contribution is 0.388. The number of nitrogens with zero attached hydrogens (tertiary/aromatic N) is 1. The molecule has 1 atom stereocenters. The van der Waals surface area contributed by atoms with Gasteiger partial charge in [-0.3, -0.25) is 0 Å². The topological polar surface area (TPSA) is 34.2 Å². The van der Waals surface area contributed by atoms with Crippen LogP contribution in [0.15, 0.2) is 35.8 Å². The third-order valence-corrected chi connectivity index (χ3v) is 3.86. The van der Waals surface area contributed by atoms with E-state index in [-0.39, 0.29) is 0 Å². The molecular formula is C14H18N2OS. The first-order chi connectivity index (χ1) is 8.85. The van der Waals surface area contributed by atoms with E-state index in [1.54, 1.807) is 24.6 Å². The summed E-state index contributed by atoms with van der Waals surface area (Å²) in [5.74, 6) is 0.700. The van der Waals surface area contributed by atoms with Gasteiger partial charge in [0.2, 0.25) is 5.88 Å². The van der Waals surface area contributed by atoms with Crippen LogP contribution in [0.25, 0.3) is 0 Å². The van der Waals surface area contributed by atoms with Crippen LogP contribution in [0, 0.1) is 0 Å². The van der Waals surface area contributed by atoms with Gasteiger partial charge in [0, 0.05) is 29.2 Å². The summed E-state index contributed by atoms with van der Waals surface area (Å²) in [7, 11) is 1.66. The molecule has 1 unspecified atom stereocenters. The van der Waals surface area contributed by atoms with E-state index >= 15 is 0 Å². The Morgan fingerprint density at radius 3 is 2.94 bits per heavy atom. The van der Waals surface area contributed by atoms with E-state index in [1.165, 1.54) is 4.88 Å². The molecule has 0 saturated carbocycles. The zero-order chi connectivity index (χ0) is 12.8. The number of nitrogens with one attached hydrogen (secondary N) is 1. The highest BCUT2D eigenvalue weighted by Gasteiger charge is 2.11. The summed E-state index contributed by atoms with van der Waals surface area (Å²) in [4.78, 5) is 5.58. The molecule has 0 aliphatic carbocycles. The molecule has 0 aliphatic rings. The van der Waals surface area contributed by atoms with E-state index in [0.717, 1.165) is 18.5 Å². The summed E-state index contributed by atoms with van der Waals surface area (Å²) in [5, 5.41) is 5.67. The molecule has 4 heteroatoms. The number of aromatic nitrogens is 1. The van der Waals surface area contributed by atoms with Crippen LogP contribution in [0.2, 0.25) is 0 Å². The molecule has 96 valence electrons. The van der Waals surface area contributed by atoms with Crippen LogP contribution in [-0.2, 0) is 6.54 Å². The highest BCUT2D eigenvalue weighted by atomic mass is 32.1. The number of hydrogen-bond donors (Lipinski definition) is 1. The van der Waals surface area contributed by atoms with Gasteiger partial charge in [-0.2, -0.15) is 0 Å². The molecule has 0 bridgehead atoms. The Kier molecular flexibility index (Phi) is 4.73. The van der Waals surface area contributed by atoms with Gasteiger partial charge >= 0.3 is 0 Å². The second-order valence-electron chi connectivity index (χ2n) is 4.03. The Morgan fingerprint density at radius 2 is 2.28 bits per heavy atom. The Balaban J connectivity index is 2.02. The summed E-state index contributed by atoms with van der Waals surface area (Å²) in [5.41, 5.74) is 1.09. The van der Waals surface area contributed by atoms with Crippen LogP contribution in [0.3, 0.4) is 0 Å². The van der Waals surface area contributed by atoms with Crippen molar-refractivity contribution >= 4 is 11.3 Å². The average molecular weight is 262 g/mol. The van der Waals surface area contributed by atoms with Crippen LogP contribution in [0.1, 0.15) is 29.8 Å². The number of thiophene rings is 1. The van der Waals surface area contributed by atoms with E-state index in [9.17, 15) is 0 Å². The molecule has 2 rings (SSSR count). The normalized spacial score (nSPS) is 12.3. The van der Waals surface area contributed by atoms with Gasteiger partial charge in [0.1, 0.15) is 0 Å². The highest BCUT2D eigenvalue weighted by molar-refractivity contribution is 7.10. The van der Waals surface area contributed by atoms with Crippen molar-refractivity contribution in [2.24, 2.45) is 0 Å². The average Bonchev–Trinajstić information content (AvgIpc) is 2.94. The summed E-state index contributed by atoms with van der Waals surface area (Å²) in [6.45, 7) is 2.96. The number of pyridine rings is 1. The van der Waals surface area contributed by atoms with E-state index in [0.29, 0.717) is 11.9 Å². The Morgan fingerprint density at radius 1 is 1.39 bits per heavy atom. The third kappa shape index (κ3) is 3.09. The number of methoxy groups -OCH3 is 1. The van der Waals surface area contributed by atoms with E-state index in [4.69, 9.17) is 4.74 Å². The molecule has 0 saturated heterocycles. The van der Waals surface area contributed by atoms with Crippen molar-refractivity contribution in [2.75, 3.05) is 7.11 Å². The molecule has 2 aromatic heterocycles. The van der Waals surface area contributed by atoms with Crippen LogP contribution < -0.4 is 10.1 Å². The van der Waals surface area contributed by atoms with Crippen LogP contribution in [-0.4, -0.2) is 12.1 Å². The lowest BCUT2D eigenvalue weighted by Crippen LogP contribution is -2.19. The van der Waals surface area contributed by atoms with Crippen molar-refractivity contribution in [3.63, 3.8) is 0 Å². The molecule has 0 fully saturated rings. The van der Waals surface area contributed by atoms with Gasteiger partial charge in [-0.15, -0.1) is 11.3 Å². The third-order valence-electron chi connectivity index (χ3n) is 2.88. The smallest absolute Gasteiger partial charge is 0.217 e. The molecule has 3 nitrogen and oxygen atoms in total. The molecular weight excluding hydrogens is 244 g/mol. The summed E-state index contributed by atoms with van der Waals surface area (Å²) in [6, 6.07) is 8.64. The maximum atomic E-state index is 5.25. The maximum Gasteiger partial charge on any atom is 0.217 e. The quantitative estimate of drug-likeness (QED) is 0.866. The van der Waals surface area contributed by atoms with Gasteiger partial charge in [-0.05, 0) is 23.9 Å². The first-order valence-electron chi connectivity index (χ1n) is 6.09. The minimum absolute atomic E-state index is 0.398. The predicted octanol–water partition coefficient (Wildman–Crippen LogP) is 3.39. The van der Waals surface area contributed by atoms with Gasteiger partial charge in [-0.25, -0.2) is 4.98 Å². The molecule has 2 aromatic rings. The maximum absolute atomic E-state index is 5.25. The Hall–Kier alpha value is -1.39. The number of hydrogen-bond acceptors (Lipinski definition) is 4. The fourth-order valence-electron chi connectivity index (χ4n) is 1.91. The molecule has 0 aromatic carbocycles. The minimum atomic E-state index is 0.398. The van der Waals surface area contributed by atoms with E-state index in [2.05, 4.69) is 34.7 Å². The van der Waals surface area contributed by atoms with Crippen LogP contribution >= 0.6 is 11.3 Å². The number of ether oxygens (including phenoxy) is 1. The van der Waals surface area contributed by atoms with Crippen molar-refractivity contribution < 1.29 is 4.74 Å². The first kappa shape index (κ1) is 13.1. The van der Waals surface area contributed by atoms with Crippen LogP contribution in [0.4, 0.5) is 0 Å². The Bertz CT molecular complexity index is 470. The summed E-state index contributed by atoms with van der Waals surface area (Å²) in [6.07, 6.45) is 2.82. The Labute approximate surface area is 112 Å². The largest absolute Gasteiger partial charge is 0.481 e. The molecule has 0 spiro atoms. The first-order valence-corrected chi connectivity index (χ1v) is 6.97. The lowest BCUT2D eigenvalue weighted by atomic mass is 10.1. The van der Waals surface area contributed by atoms with E-state index in [1.807, 2.05) is 12.1 Å². The SMILES string of the molecule is CCC(NCc1cccnc1OC)c1cccs1. The molecule has 2 heterocycles. The fraction of sp³-hybridized carbons (Fsp3) is 0.357. The van der Waals surface area contributed by atoms with Crippen molar-refractivity contribution in [1.82, 2.24) is 10.3 Å². The second kappa shape index (κ2) is 6.52. The van der Waals surface area contributed by atoms with Gasteiger partial charge < -0.3 is 10.1 Å². The second-order valence-corrected chi connectivity index (χ2v) is 5.01. The zero-order valence-corrected chi connectivity index (χ0v) is 11.5. The lowest BCUT2D eigenvalue weighted by Gasteiger charge is -2.16. The van der Waals surface area contributed by atoms with Crippen molar-refractivity contribution in [1.29, 1.82) is 0 Å². The summed E-state index contributed by atoms with van der Waals surface area (Å²) >= 11 is 1.79. The molecule has 18 heavy (non-hydrogen) atoms. The van der Waals surface area contributed by atoms with Gasteiger partial charge in [-0.1, -0.05) is 19.1 Å². The van der Waals surface area contributed by atoms with Crippen LogP contribution in [0.5, 0.6) is 5.88 Å². The zero-order valence-electron chi connectivity index (χ0n) is 10.7. The standard InChI is InChI=1S/C14H18N2OS/c1-3-12(13-7-5-9-18-13)16-10-11-6-4-8-15-14(11)17-2/h4-9,12,16H,3,10H2,1-2H3. The van der Waals surface area contributed by atoms with Crippen molar-refractivity contribution in [3.8, 4) is 5.88 Å². The predicted molar refractivity (Wildman–Crippen MR) is 75.0 cm³/mol. The van der Waals surface area contributed by atoms with Crippen molar-refractivity contribution in [3.05, 3.63) is 46.3 Å². The van der Waals surface area contributed by atoms with Gasteiger partial charge in [0.25, 0.3) is 0 Å². The monoisotopic (exact) mass is 262 g/mol. The summed E-state index contributed by atoms with van der Waals surface area (Å²) < 4.78 is 5.25. The molecule has 0 radical (unpaired) electrons. The molecule has 0 aliphatic heterocycles. The minimum Gasteiger partial charge on any atom is -0.481 e. The van der Waals surface area contributed by atoms with Gasteiger partial charge in [0.15, 0.2) is 0 Å². The van der Waals surface area contributed by atoms with Gasteiger partial charge in [0.05, 0.1) is 7.11 Å². The van der Waals surface area contributed by atoms with E-state index < -0.39 is 0 Å². The van der Waals surface area contributed by atoms with Crippen molar-refractivity contribution in [2.45, 2.75) is 25.9 Å². The highest BCUT2D eigenvalue weighted by Crippen LogP contribution is 2.23. The molecule has 0 amide bonds. The number of rotatable bonds is 6. The fourth-order valence-corrected chi connectivity index (χ4v) is 2.80. The molecule has 1 N–H and O–H groups in total.